The highest BCUT2D eigenvalue weighted by atomic mass is 16.8. The van der Waals surface area contributed by atoms with Gasteiger partial charge in [0.15, 0.2) is 0 Å². The van der Waals surface area contributed by atoms with Gasteiger partial charge in [-0.3, -0.25) is 10.0 Å². The highest BCUT2D eigenvalue weighted by molar-refractivity contribution is 5.69. The van der Waals surface area contributed by atoms with Crippen LogP contribution in [0.15, 0.2) is 24.3 Å². The average molecular weight is 182 g/mol. The molecule has 0 atom stereocenters. The minimum absolute atomic E-state index is 0.0795. The minimum atomic E-state index is -0.435. The van der Waals surface area contributed by atoms with Crippen molar-refractivity contribution < 1.29 is 14.7 Å². The van der Waals surface area contributed by atoms with Gasteiger partial charge < -0.3 is 15.2 Å². The van der Waals surface area contributed by atoms with E-state index in [1.807, 2.05) is 0 Å². The molecule has 5 heteroatoms. The van der Waals surface area contributed by atoms with Crippen molar-refractivity contribution in [3.8, 4) is 5.75 Å². The predicted octanol–water partition coefficient (Wildman–Crippen LogP) is 1.31. The number of carbonyl (C=O) groups is 1. The third-order valence-corrected chi connectivity index (χ3v) is 1.32. The third kappa shape index (κ3) is 2.73. The van der Waals surface area contributed by atoms with Crippen molar-refractivity contribution in [3.63, 3.8) is 0 Å². The topological polar surface area (TPSA) is 72.8 Å². The van der Waals surface area contributed by atoms with Gasteiger partial charge in [-0.25, -0.2) is 0 Å². The second-order valence-corrected chi connectivity index (χ2v) is 2.36. The first-order valence-electron chi connectivity index (χ1n) is 3.54. The molecule has 0 aliphatic rings. The van der Waals surface area contributed by atoms with Crippen LogP contribution in [-0.2, 0) is 4.79 Å². The molecule has 0 heterocycles. The van der Waals surface area contributed by atoms with Crippen LogP contribution in [0.3, 0.4) is 0 Å². The van der Waals surface area contributed by atoms with E-state index in [2.05, 4.69) is 0 Å². The summed E-state index contributed by atoms with van der Waals surface area (Å²) >= 11 is 0. The van der Waals surface area contributed by atoms with Crippen LogP contribution in [0, 0.1) is 5.21 Å². The van der Waals surface area contributed by atoms with Crippen molar-refractivity contribution in [1.29, 1.82) is 0 Å². The van der Waals surface area contributed by atoms with Crippen LogP contribution in [0.5, 0.6) is 5.75 Å². The maximum atomic E-state index is 10.5. The van der Waals surface area contributed by atoms with Gasteiger partial charge in [0.25, 0.3) is 0 Å². The first-order valence-corrected chi connectivity index (χ1v) is 3.54. The summed E-state index contributed by atoms with van der Waals surface area (Å²) in [6.45, 7) is 1.28. The Balaban J connectivity index is 2.75. The number of ether oxygens (including phenoxy) is 1. The number of esters is 1. The number of anilines is 1. The summed E-state index contributed by atoms with van der Waals surface area (Å²) in [6.07, 6.45) is 0. The first-order chi connectivity index (χ1) is 6.09. The summed E-state index contributed by atoms with van der Waals surface area (Å²) in [5.74, 6) is -0.103. The molecule has 1 aromatic carbocycles. The van der Waals surface area contributed by atoms with Crippen molar-refractivity contribution in [2.24, 2.45) is 0 Å². The van der Waals surface area contributed by atoms with Crippen LogP contribution >= 0.6 is 0 Å². The Labute approximate surface area is 74.7 Å². The maximum absolute atomic E-state index is 10.5. The molecule has 0 fully saturated rings. The number of carbonyl (C=O) groups excluding carboxylic acids is 1. The number of nitrogens with zero attached hydrogens (tertiary/aromatic N) is 1. The molecular weight excluding hydrogens is 174 g/mol. The fourth-order valence-corrected chi connectivity index (χ4v) is 0.808. The number of hydrogen-bond donors (Lipinski definition) is 1. The standard InChI is InChI=1S/C8H8NO4/c1-6(10)13-8-4-2-7(3-5-8)9(11)12/h2-5,11H,1H3/q-1. The van der Waals surface area contributed by atoms with Gasteiger partial charge in [0.2, 0.25) is 0 Å². The Kier molecular flexibility index (Phi) is 2.84. The van der Waals surface area contributed by atoms with Gasteiger partial charge in [-0.15, -0.1) is 0 Å². The summed E-state index contributed by atoms with van der Waals surface area (Å²) < 4.78 is 4.71. The molecule has 1 aromatic rings. The number of benzene rings is 1. The molecular formula is C8H8NO4-. The number of hydrogen-bond acceptors (Lipinski definition) is 5. The SMILES string of the molecule is CC(=O)Oc1ccc(N([O-])O)cc1. The Bertz CT molecular complexity index is 294. The third-order valence-electron chi connectivity index (χ3n) is 1.32. The van der Waals surface area contributed by atoms with Crippen LogP contribution in [0.2, 0.25) is 0 Å². The van der Waals surface area contributed by atoms with E-state index < -0.39 is 5.97 Å². The van der Waals surface area contributed by atoms with Crippen LogP contribution in [-0.4, -0.2) is 11.2 Å². The summed E-state index contributed by atoms with van der Waals surface area (Å²) in [6, 6.07) is 5.51. The van der Waals surface area contributed by atoms with Crippen molar-refractivity contribution in [1.82, 2.24) is 0 Å². The van der Waals surface area contributed by atoms with Crippen molar-refractivity contribution >= 4 is 11.7 Å². The fourth-order valence-electron chi connectivity index (χ4n) is 0.808. The van der Waals surface area contributed by atoms with E-state index in [0.29, 0.717) is 5.75 Å². The zero-order valence-corrected chi connectivity index (χ0v) is 6.93. The van der Waals surface area contributed by atoms with Crippen molar-refractivity contribution in [2.45, 2.75) is 6.92 Å². The fraction of sp³-hybridized carbons (Fsp3) is 0.125. The van der Waals surface area contributed by atoms with Gasteiger partial charge in [-0.1, -0.05) is 0 Å². The molecule has 1 rings (SSSR count). The molecule has 0 unspecified atom stereocenters. The smallest absolute Gasteiger partial charge is 0.308 e. The lowest BCUT2D eigenvalue weighted by molar-refractivity contribution is -0.131. The highest BCUT2D eigenvalue weighted by Gasteiger charge is 1.97. The Morgan fingerprint density at radius 2 is 2.00 bits per heavy atom. The quantitative estimate of drug-likeness (QED) is 0.424. The molecule has 0 aliphatic heterocycles. The van der Waals surface area contributed by atoms with Gasteiger partial charge in [0.05, 0.1) is 5.69 Å². The molecule has 0 aromatic heterocycles. The molecule has 0 saturated carbocycles. The molecule has 0 saturated heterocycles. The second-order valence-electron chi connectivity index (χ2n) is 2.36. The van der Waals surface area contributed by atoms with E-state index in [-0.39, 0.29) is 10.9 Å². The summed E-state index contributed by atoms with van der Waals surface area (Å²) in [5, 5.41) is 18.5. The van der Waals surface area contributed by atoms with Crippen LogP contribution in [0.4, 0.5) is 5.69 Å². The molecule has 0 radical (unpaired) electrons. The van der Waals surface area contributed by atoms with Crippen LogP contribution in [0.25, 0.3) is 0 Å². The molecule has 13 heavy (non-hydrogen) atoms. The Hall–Kier alpha value is -1.59. The lowest BCUT2D eigenvalue weighted by Crippen LogP contribution is -2.07. The Morgan fingerprint density at radius 1 is 1.46 bits per heavy atom. The monoisotopic (exact) mass is 182 g/mol. The van der Waals surface area contributed by atoms with E-state index in [4.69, 9.17) is 9.94 Å². The molecule has 0 bridgehead atoms. The molecule has 1 N–H and O–H groups in total. The minimum Gasteiger partial charge on any atom is -0.733 e. The summed E-state index contributed by atoms with van der Waals surface area (Å²) in [5.41, 5.74) is 0.0795. The van der Waals surface area contributed by atoms with E-state index in [0.717, 1.165) is 0 Å². The molecule has 0 amide bonds. The lowest BCUT2D eigenvalue weighted by atomic mass is 10.3. The van der Waals surface area contributed by atoms with Crippen LogP contribution in [0.1, 0.15) is 6.92 Å². The first kappa shape index (κ1) is 9.50. The summed E-state index contributed by atoms with van der Waals surface area (Å²) in [7, 11) is 0. The molecule has 70 valence electrons. The van der Waals surface area contributed by atoms with Crippen molar-refractivity contribution in [2.75, 3.05) is 5.23 Å². The zero-order valence-electron chi connectivity index (χ0n) is 6.93. The van der Waals surface area contributed by atoms with Gasteiger partial charge >= 0.3 is 5.97 Å². The molecule has 5 nitrogen and oxygen atoms in total. The van der Waals surface area contributed by atoms with Gasteiger partial charge in [0.1, 0.15) is 5.75 Å². The van der Waals surface area contributed by atoms with E-state index >= 15 is 0 Å². The van der Waals surface area contributed by atoms with E-state index in [9.17, 15) is 10.0 Å². The van der Waals surface area contributed by atoms with Gasteiger partial charge in [-0.2, -0.15) is 0 Å². The normalized spacial score (nSPS) is 9.46. The number of rotatable bonds is 2. The summed E-state index contributed by atoms with van der Waals surface area (Å²) in [4.78, 5) is 10.5. The molecule has 0 aliphatic carbocycles. The highest BCUT2D eigenvalue weighted by Crippen LogP contribution is 2.17. The predicted molar refractivity (Wildman–Crippen MR) is 45.4 cm³/mol. The Morgan fingerprint density at radius 3 is 2.38 bits per heavy atom. The van der Waals surface area contributed by atoms with E-state index in [1.54, 1.807) is 0 Å². The maximum Gasteiger partial charge on any atom is 0.308 e. The van der Waals surface area contributed by atoms with Crippen molar-refractivity contribution in [3.05, 3.63) is 29.5 Å². The zero-order chi connectivity index (χ0) is 9.84. The lowest BCUT2D eigenvalue weighted by Gasteiger charge is -2.21. The van der Waals surface area contributed by atoms with Gasteiger partial charge in [0, 0.05) is 6.92 Å². The second kappa shape index (κ2) is 3.88. The average Bonchev–Trinajstić information content (AvgIpc) is 2.04. The van der Waals surface area contributed by atoms with Crippen LogP contribution < -0.4 is 9.96 Å². The molecule has 0 spiro atoms. The largest absolute Gasteiger partial charge is 0.733 e. The van der Waals surface area contributed by atoms with E-state index in [1.165, 1.54) is 31.2 Å². The van der Waals surface area contributed by atoms with Gasteiger partial charge in [-0.05, 0) is 24.3 Å².